The zero-order valence-corrected chi connectivity index (χ0v) is 13.3. The van der Waals surface area contributed by atoms with Crippen molar-refractivity contribution < 1.29 is 18.1 Å². The molecule has 0 spiro atoms. The molecule has 1 aromatic rings. The topological polar surface area (TPSA) is 102 Å². The number of likely N-dealkylation sites (N-methyl/N-ethyl adjacent to an activating group) is 1. The summed E-state index contributed by atoms with van der Waals surface area (Å²) in [5.74, 6) is 0. The normalized spacial score (nSPS) is 19.8. The van der Waals surface area contributed by atoms with Gasteiger partial charge in [-0.15, -0.1) is 0 Å². The van der Waals surface area contributed by atoms with E-state index in [1.54, 1.807) is 0 Å². The second-order valence-electron chi connectivity index (χ2n) is 5.35. The maximum Gasteiger partial charge on any atom is 0.270 e. The maximum atomic E-state index is 11.8. The molecule has 9 heteroatoms. The minimum atomic E-state index is -3.57. The molecule has 0 amide bonds. The van der Waals surface area contributed by atoms with Crippen LogP contribution in [0.4, 0.5) is 11.4 Å². The molecule has 1 unspecified atom stereocenters. The molecule has 1 N–H and O–H groups in total. The first-order valence-electron chi connectivity index (χ1n) is 6.80. The lowest BCUT2D eigenvalue weighted by Crippen LogP contribution is -2.43. The van der Waals surface area contributed by atoms with Gasteiger partial charge in [-0.25, -0.2) is 8.42 Å². The molecule has 1 aromatic carbocycles. The molecule has 1 aliphatic rings. The molecule has 1 heterocycles. The molecule has 1 aliphatic heterocycles. The molecule has 8 nitrogen and oxygen atoms in total. The number of sulfone groups is 1. The number of non-ortho nitro benzene ring substituents is 1. The summed E-state index contributed by atoms with van der Waals surface area (Å²) in [5, 5.41) is 13.8. The van der Waals surface area contributed by atoms with Crippen molar-refractivity contribution in [3.63, 3.8) is 0 Å². The zero-order chi connectivity index (χ0) is 16.3. The van der Waals surface area contributed by atoms with Crippen LogP contribution in [0.25, 0.3) is 0 Å². The molecule has 0 aromatic heterocycles. The van der Waals surface area contributed by atoms with Crippen LogP contribution in [0.15, 0.2) is 23.1 Å². The van der Waals surface area contributed by atoms with Gasteiger partial charge in [0.2, 0.25) is 0 Å². The van der Waals surface area contributed by atoms with Crippen LogP contribution in [-0.2, 0) is 14.6 Å². The Morgan fingerprint density at radius 1 is 1.50 bits per heavy atom. The highest BCUT2D eigenvalue weighted by Crippen LogP contribution is 2.26. The molecular formula is C13H19N3O5S. The number of rotatable bonds is 5. The van der Waals surface area contributed by atoms with E-state index in [4.69, 9.17) is 4.74 Å². The first-order chi connectivity index (χ1) is 10.3. The van der Waals surface area contributed by atoms with E-state index >= 15 is 0 Å². The average molecular weight is 329 g/mol. The Morgan fingerprint density at radius 2 is 2.23 bits per heavy atom. The van der Waals surface area contributed by atoms with E-state index in [1.165, 1.54) is 12.1 Å². The van der Waals surface area contributed by atoms with Gasteiger partial charge in [-0.2, -0.15) is 0 Å². The van der Waals surface area contributed by atoms with Crippen molar-refractivity contribution in [2.24, 2.45) is 0 Å². The summed E-state index contributed by atoms with van der Waals surface area (Å²) < 4.78 is 29.3. The highest BCUT2D eigenvalue weighted by atomic mass is 32.2. The minimum absolute atomic E-state index is 0.0543. The molecule has 0 aliphatic carbocycles. The third-order valence-corrected chi connectivity index (χ3v) is 4.57. The lowest BCUT2D eigenvalue weighted by Gasteiger charge is -2.30. The van der Waals surface area contributed by atoms with Crippen molar-refractivity contribution in [2.75, 3.05) is 44.9 Å². The Labute approximate surface area is 129 Å². The summed E-state index contributed by atoms with van der Waals surface area (Å²) in [6.07, 6.45) is 0.976. The fourth-order valence-electron chi connectivity index (χ4n) is 2.29. The number of hydrogen-bond donors (Lipinski definition) is 1. The van der Waals surface area contributed by atoms with Gasteiger partial charge in [-0.3, -0.25) is 10.1 Å². The highest BCUT2D eigenvalue weighted by molar-refractivity contribution is 7.90. The number of nitro groups is 1. The SMILES string of the molecule is CN1CCOC(CNc2ccc([N+](=O)[O-])cc2S(C)(=O)=O)C1. The van der Waals surface area contributed by atoms with Crippen LogP contribution >= 0.6 is 0 Å². The molecule has 0 bridgehead atoms. The predicted molar refractivity (Wildman–Crippen MR) is 81.9 cm³/mol. The molecule has 1 fully saturated rings. The average Bonchev–Trinajstić information content (AvgIpc) is 2.44. The minimum Gasteiger partial charge on any atom is -0.381 e. The van der Waals surface area contributed by atoms with Gasteiger partial charge in [0.05, 0.1) is 28.2 Å². The second-order valence-corrected chi connectivity index (χ2v) is 7.33. The Bertz CT molecular complexity index is 662. The standard InChI is InChI=1S/C13H19N3O5S/c1-15-5-6-21-11(9-15)8-14-12-4-3-10(16(17)18)7-13(12)22(2,19)20/h3-4,7,11,14H,5-6,8-9H2,1-2H3. The number of hydrogen-bond acceptors (Lipinski definition) is 7. The third kappa shape index (κ3) is 4.15. The Kier molecular flexibility index (Phi) is 4.99. The smallest absolute Gasteiger partial charge is 0.270 e. The highest BCUT2D eigenvalue weighted by Gasteiger charge is 2.21. The van der Waals surface area contributed by atoms with E-state index in [0.717, 1.165) is 25.4 Å². The van der Waals surface area contributed by atoms with Crippen molar-refractivity contribution in [2.45, 2.75) is 11.0 Å². The van der Waals surface area contributed by atoms with Crippen molar-refractivity contribution in [3.8, 4) is 0 Å². The summed E-state index contributed by atoms with van der Waals surface area (Å²) in [6, 6.07) is 3.78. The van der Waals surface area contributed by atoms with Crippen molar-refractivity contribution in [3.05, 3.63) is 28.3 Å². The van der Waals surface area contributed by atoms with Gasteiger partial charge < -0.3 is 15.0 Å². The fourth-order valence-corrected chi connectivity index (χ4v) is 3.17. The molecule has 0 saturated carbocycles. The lowest BCUT2D eigenvalue weighted by atomic mass is 10.2. The predicted octanol–water partition coefficient (Wildman–Crippen LogP) is 0.741. The number of morpholine rings is 1. The van der Waals surface area contributed by atoms with E-state index in [9.17, 15) is 18.5 Å². The Morgan fingerprint density at radius 3 is 2.82 bits per heavy atom. The maximum absolute atomic E-state index is 11.8. The fraction of sp³-hybridized carbons (Fsp3) is 0.538. The quantitative estimate of drug-likeness (QED) is 0.628. The molecule has 1 atom stereocenters. The van der Waals surface area contributed by atoms with Crippen molar-refractivity contribution in [1.29, 1.82) is 0 Å². The van der Waals surface area contributed by atoms with Crippen LogP contribution in [0.2, 0.25) is 0 Å². The number of benzene rings is 1. The zero-order valence-electron chi connectivity index (χ0n) is 12.5. The molecule has 0 radical (unpaired) electrons. The van der Waals surface area contributed by atoms with Crippen LogP contribution < -0.4 is 5.32 Å². The number of nitro benzene ring substituents is 1. The number of anilines is 1. The summed E-state index contributed by atoms with van der Waals surface area (Å²) >= 11 is 0. The monoisotopic (exact) mass is 329 g/mol. The van der Waals surface area contributed by atoms with Gasteiger partial charge in [-0.05, 0) is 13.1 Å². The van der Waals surface area contributed by atoms with Gasteiger partial charge in [0.25, 0.3) is 5.69 Å². The number of nitrogens with one attached hydrogen (secondary N) is 1. The van der Waals surface area contributed by atoms with Crippen LogP contribution in [0, 0.1) is 10.1 Å². The van der Waals surface area contributed by atoms with E-state index < -0.39 is 14.8 Å². The van der Waals surface area contributed by atoms with Crippen LogP contribution in [-0.4, -0.2) is 63.9 Å². The molecule has 1 saturated heterocycles. The Balaban J connectivity index is 2.17. The van der Waals surface area contributed by atoms with Gasteiger partial charge in [0, 0.05) is 38.0 Å². The van der Waals surface area contributed by atoms with E-state index in [1.807, 2.05) is 7.05 Å². The van der Waals surface area contributed by atoms with Gasteiger partial charge >= 0.3 is 0 Å². The van der Waals surface area contributed by atoms with E-state index in [2.05, 4.69) is 10.2 Å². The second kappa shape index (κ2) is 6.59. The largest absolute Gasteiger partial charge is 0.381 e. The molecule has 2 rings (SSSR count). The summed E-state index contributed by atoms with van der Waals surface area (Å²) in [4.78, 5) is 12.2. The Hall–Kier alpha value is -1.71. The first kappa shape index (κ1) is 16.7. The molecular weight excluding hydrogens is 310 g/mol. The van der Waals surface area contributed by atoms with Crippen molar-refractivity contribution in [1.82, 2.24) is 4.90 Å². The third-order valence-electron chi connectivity index (χ3n) is 3.44. The molecule has 22 heavy (non-hydrogen) atoms. The van der Waals surface area contributed by atoms with Crippen LogP contribution in [0.1, 0.15) is 0 Å². The summed E-state index contributed by atoms with van der Waals surface area (Å²) in [5.41, 5.74) is 0.101. The van der Waals surface area contributed by atoms with Gasteiger partial charge in [0.1, 0.15) is 0 Å². The lowest BCUT2D eigenvalue weighted by molar-refractivity contribution is -0.385. The first-order valence-corrected chi connectivity index (χ1v) is 8.69. The summed E-state index contributed by atoms with van der Waals surface area (Å²) in [7, 11) is -1.58. The molecule has 122 valence electrons. The number of nitrogens with zero attached hydrogens (tertiary/aromatic N) is 2. The summed E-state index contributed by atoms with van der Waals surface area (Å²) in [6.45, 7) is 2.67. The van der Waals surface area contributed by atoms with E-state index in [0.29, 0.717) is 18.8 Å². The van der Waals surface area contributed by atoms with E-state index in [-0.39, 0.29) is 16.7 Å². The van der Waals surface area contributed by atoms with Crippen LogP contribution in [0.5, 0.6) is 0 Å². The van der Waals surface area contributed by atoms with Crippen LogP contribution in [0.3, 0.4) is 0 Å². The van der Waals surface area contributed by atoms with Gasteiger partial charge in [-0.1, -0.05) is 0 Å². The van der Waals surface area contributed by atoms with Gasteiger partial charge in [0.15, 0.2) is 9.84 Å². The van der Waals surface area contributed by atoms with Crippen molar-refractivity contribution >= 4 is 21.2 Å². The number of ether oxygens (including phenoxy) is 1.